The number of aromatic nitrogens is 4. The molecule has 0 atom stereocenters. The molecule has 7 rings (SSSR count). The Balaban J connectivity index is 1.05. The van der Waals surface area contributed by atoms with E-state index < -0.39 is 0 Å². The molecule has 4 aromatic carbocycles. The fourth-order valence-corrected chi connectivity index (χ4v) is 5.48. The van der Waals surface area contributed by atoms with Crippen molar-refractivity contribution >= 4 is 55.9 Å². The van der Waals surface area contributed by atoms with Gasteiger partial charge in [-0.25, -0.2) is 4.68 Å². The number of aryl methyl sites for hydroxylation is 1. The molecule has 0 saturated carbocycles. The highest BCUT2D eigenvalue weighted by atomic mass is 16.3. The first-order valence-corrected chi connectivity index (χ1v) is 13.9. The van der Waals surface area contributed by atoms with E-state index in [0.717, 1.165) is 44.1 Å². The predicted molar refractivity (Wildman–Crippen MR) is 169 cm³/mol. The number of aliphatic hydroxyl groups excluding tert-OH is 1. The molecule has 2 amide bonds. The van der Waals surface area contributed by atoms with E-state index in [0.29, 0.717) is 23.4 Å². The lowest BCUT2D eigenvalue weighted by molar-refractivity contribution is 0.101. The Kier molecular flexibility index (Phi) is 6.48. The number of nitrogens with zero attached hydrogens (tertiary/aromatic N) is 4. The highest BCUT2D eigenvalue weighted by Gasteiger charge is 2.13. The lowest BCUT2D eigenvalue weighted by Gasteiger charge is -2.09. The number of anilines is 2. The molecule has 9 nitrogen and oxygen atoms in total. The van der Waals surface area contributed by atoms with E-state index in [1.807, 2.05) is 101 Å². The first-order valence-electron chi connectivity index (χ1n) is 13.9. The number of benzene rings is 4. The maximum atomic E-state index is 13.0. The minimum Gasteiger partial charge on any atom is -0.395 e. The molecule has 0 radical (unpaired) electrons. The second-order valence-corrected chi connectivity index (χ2v) is 10.5. The van der Waals surface area contributed by atoms with Crippen LogP contribution in [0.25, 0.3) is 38.4 Å². The molecule has 3 N–H and O–H groups in total. The normalized spacial score (nSPS) is 11.4. The van der Waals surface area contributed by atoms with Crippen molar-refractivity contribution < 1.29 is 14.7 Å². The van der Waals surface area contributed by atoms with Gasteiger partial charge in [0.25, 0.3) is 11.8 Å². The zero-order valence-electron chi connectivity index (χ0n) is 23.4. The van der Waals surface area contributed by atoms with Gasteiger partial charge in [-0.2, -0.15) is 5.10 Å². The first kappa shape index (κ1) is 26.2. The van der Waals surface area contributed by atoms with Crippen molar-refractivity contribution in [3.05, 3.63) is 121 Å². The van der Waals surface area contributed by atoms with Crippen LogP contribution in [0, 0.1) is 0 Å². The summed E-state index contributed by atoms with van der Waals surface area (Å²) in [5, 5.41) is 22.6. The highest BCUT2D eigenvalue weighted by Crippen LogP contribution is 2.25. The molecule has 0 aliphatic heterocycles. The lowest BCUT2D eigenvalue weighted by Crippen LogP contribution is -2.12. The third-order valence-electron chi connectivity index (χ3n) is 7.72. The van der Waals surface area contributed by atoms with E-state index in [9.17, 15) is 14.7 Å². The average Bonchev–Trinajstić information content (AvgIpc) is 3.74. The number of fused-ring (bicyclic) bond motifs is 3. The number of carbonyl (C=O) groups is 2. The molecule has 212 valence electrons. The number of rotatable bonds is 7. The monoisotopic (exact) mass is 568 g/mol. The molecule has 43 heavy (non-hydrogen) atoms. The molecule has 0 unspecified atom stereocenters. The number of amides is 2. The van der Waals surface area contributed by atoms with Crippen molar-refractivity contribution in [2.24, 2.45) is 7.05 Å². The number of aliphatic hydroxyl groups is 1. The van der Waals surface area contributed by atoms with E-state index >= 15 is 0 Å². The van der Waals surface area contributed by atoms with Gasteiger partial charge in [0.05, 0.1) is 24.0 Å². The van der Waals surface area contributed by atoms with Gasteiger partial charge in [0.1, 0.15) is 0 Å². The van der Waals surface area contributed by atoms with E-state index in [4.69, 9.17) is 0 Å². The Hall–Kier alpha value is -5.67. The van der Waals surface area contributed by atoms with Gasteiger partial charge in [-0.15, -0.1) is 0 Å². The molecular weight excluding hydrogens is 540 g/mol. The van der Waals surface area contributed by atoms with Gasteiger partial charge in [0, 0.05) is 75.7 Å². The summed E-state index contributed by atoms with van der Waals surface area (Å²) in [5.41, 5.74) is 6.26. The van der Waals surface area contributed by atoms with Gasteiger partial charge < -0.3 is 24.9 Å². The topological polar surface area (TPSA) is 106 Å². The van der Waals surface area contributed by atoms with Crippen LogP contribution >= 0.6 is 0 Å². The Morgan fingerprint density at radius 2 is 1.33 bits per heavy atom. The van der Waals surface area contributed by atoms with E-state index in [-0.39, 0.29) is 18.4 Å². The van der Waals surface area contributed by atoms with E-state index in [2.05, 4.69) is 15.7 Å². The molecule has 0 aliphatic rings. The van der Waals surface area contributed by atoms with E-state index in [1.54, 1.807) is 29.1 Å². The van der Waals surface area contributed by atoms with Crippen LogP contribution in [-0.2, 0) is 13.6 Å². The van der Waals surface area contributed by atoms with Crippen molar-refractivity contribution in [2.45, 2.75) is 6.54 Å². The molecule has 3 heterocycles. The minimum absolute atomic E-state index is 0.0558. The summed E-state index contributed by atoms with van der Waals surface area (Å²) in [7, 11) is 1.99. The zero-order chi connectivity index (χ0) is 29.5. The number of hydrogen-bond donors (Lipinski definition) is 3. The maximum Gasteiger partial charge on any atom is 0.255 e. The van der Waals surface area contributed by atoms with Crippen LogP contribution in [0.2, 0.25) is 0 Å². The average molecular weight is 569 g/mol. The van der Waals surface area contributed by atoms with Crippen LogP contribution < -0.4 is 10.6 Å². The summed E-state index contributed by atoms with van der Waals surface area (Å²) in [6, 6.07) is 28.3. The fraction of sp³-hybridized carbons (Fsp3) is 0.0882. The summed E-state index contributed by atoms with van der Waals surface area (Å²) in [6.45, 7) is 0.564. The number of carbonyl (C=O) groups excluding carboxylic acids is 2. The van der Waals surface area contributed by atoms with E-state index in [1.165, 1.54) is 0 Å². The van der Waals surface area contributed by atoms with Crippen LogP contribution in [0.1, 0.15) is 20.7 Å². The van der Waals surface area contributed by atoms with Crippen LogP contribution in [0.4, 0.5) is 11.4 Å². The van der Waals surface area contributed by atoms with Gasteiger partial charge in [-0.3, -0.25) is 9.59 Å². The second kappa shape index (κ2) is 10.6. The van der Waals surface area contributed by atoms with Crippen molar-refractivity contribution in [1.82, 2.24) is 18.9 Å². The third kappa shape index (κ3) is 4.92. The zero-order valence-corrected chi connectivity index (χ0v) is 23.4. The predicted octanol–water partition coefficient (Wildman–Crippen LogP) is 5.97. The van der Waals surface area contributed by atoms with Crippen LogP contribution in [-0.4, -0.2) is 42.4 Å². The number of nitrogens with one attached hydrogen (secondary N) is 2. The van der Waals surface area contributed by atoms with Crippen LogP contribution in [0.15, 0.2) is 110 Å². The Morgan fingerprint density at radius 3 is 2.09 bits per heavy atom. The fourth-order valence-electron chi connectivity index (χ4n) is 5.48. The molecule has 0 saturated heterocycles. The summed E-state index contributed by atoms with van der Waals surface area (Å²) < 4.78 is 5.80. The van der Waals surface area contributed by atoms with Crippen LogP contribution in [0.3, 0.4) is 0 Å². The second-order valence-electron chi connectivity index (χ2n) is 10.5. The highest BCUT2D eigenvalue weighted by molar-refractivity contribution is 6.07. The summed E-state index contributed by atoms with van der Waals surface area (Å²) in [5.74, 6) is -0.393. The third-order valence-corrected chi connectivity index (χ3v) is 7.72. The number of hydrogen-bond acceptors (Lipinski definition) is 4. The smallest absolute Gasteiger partial charge is 0.255 e. The molecule has 3 aromatic heterocycles. The molecular formula is C34H28N6O3. The van der Waals surface area contributed by atoms with Gasteiger partial charge in [0.15, 0.2) is 0 Å². The Labute approximate surface area is 246 Å². The Morgan fingerprint density at radius 1 is 0.698 bits per heavy atom. The molecule has 0 aliphatic carbocycles. The van der Waals surface area contributed by atoms with Crippen molar-refractivity contribution in [1.29, 1.82) is 0 Å². The molecule has 0 spiro atoms. The SMILES string of the molecule is Cn1ccc2cc(NC(=O)c3ccc(-n4ncc5cc(NC(=O)c6ccc7c(ccn7CCO)c6)ccc54)cc3)ccc21. The van der Waals surface area contributed by atoms with Gasteiger partial charge in [-0.05, 0) is 91.0 Å². The maximum absolute atomic E-state index is 13.0. The standard InChI is InChI=1S/C34H28N6O3/c1-38-14-12-24-19-27(5-10-30(24)38)36-33(42)22-2-7-29(8-3-22)40-32-11-6-28(20-26(32)21-35-40)37-34(43)25-4-9-31-23(18-25)13-15-39(31)16-17-41/h2-15,18-21,41H,16-17H2,1H3,(H,36,42)(H,37,43). The summed E-state index contributed by atoms with van der Waals surface area (Å²) in [4.78, 5) is 25.9. The quantitative estimate of drug-likeness (QED) is 0.220. The first-order chi connectivity index (χ1) is 21.0. The van der Waals surface area contributed by atoms with Gasteiger partial charge in [0.2, 0.25) is 0 Å². The molecule has 0 bridgehead atoms. The largest absolute Gasteiger partial charge is 0.395 e. The van der Waals surface area contributed by atoms with Gasteiger partial charge >= 0.3 is 0 Å². The van der Waals surface area contributed by atoms with Crippen molar-refractivity contribution in [3.63, 3.8) is 0 Å². The van der Waals surface area contributed by atoms with Crippen molar-refractivity contribution in [2.75, 3.05) is 17.2 Å². The molecule has 9 heteroatoms. The molecule has 0 fully saturated rings. The van der Waals surface area contributed by atoms with Crippen molar-refractivity contribution in [3.8, 4) is 5.69 Å². The summed E-state index contributed by atoms with van der Waals surface area (Å²) >= 11 is 0. The molecule has 7 aromatic rings. The lowest BCUT2D eigenvalue weighted by atomic mass is 10.1. The Bertz CT molecular complexity index is 2150. The summed E-state index contributed by atoms with van der Waals surface area (Å²) in [6.07, 6.45) is 5.65. The minimum atomic E-state index is -0.207. The van der Waals surface area contributed by atoms with Gasteiger partial charge in [-0.1, -0.05) is 0 Å². The van der Waals surface area contributed by atoms with Crippen LogP contribution in [0.5, 0.6) is 0 Å².